The van der Waals surface area contributed by atoms with Crippen LogP contribution in [0.25, 0.3) is 0 Å². The van der Waals surface area contributed by atoms with E-state index in [1.54, 1.807) is 30.3 Å². The molecular formula is C13H12N4O. The highest BCUT2D eigenvalue weighted by Gasteiger charge is 2.25. The van der Waals surface area contributed by atoms with Gasteiger partial charge in [0, 0.05) is 23.6 Å². The highest BCUT2D eigenvalue weighted by Crippen LogP contribution is 2.35. The number of carbonyl (C=O) groups is 1. The number of hydrogen-bond donors (Lipinski definition) is 1. The van der Waals surface area contributed by atoms with Gasteiger partial charge in [0.25, 0.3) is 5.91 Å². The minimum Gasteiger partial charge on any atom is -0.318 e. The van der Waals surface area contributed by atoms with Gasteiger partial charge >= 0.3 is 0 Å². The number of rotatable bonds is 0. The second-order valence-corrected chi connectivity index (χ2v) is 3.94. The molecule has 0 saturated carbocycles. The number of carbonyl (C=O) groups excluding carboxylic acids is 1. The summed E-state index contributed by atoms with van der Waals surface area (Å²) in [5, 5.41) is 2.64. The largest absolute Gasteiger partial charge is 0.318 e. The number of hydrogen-bond acceptors (Lipinski definition) is 4. The summed E-state index contributed by atoms with van der Waals surface area (Å²) in [5.41, 5.74) is 0.623. The lowest BCUT2D eigenvalue weighted by Gasteiger charge is -2.18. The van der Waals surface area contributed by atoms with E-state index in [4.69, 9.17) is 4.11 Å². The number of nitrogens with zero attached hydrogens (tertiary/aromatic N) is 3. The summed E-state index contributed by atoms with van der Waals surface area (Å²) in [6.07, 6.45) is 2.98. The monoisotopic (exact) mass is 243 g/mol. The van der Waals surface area contributed by atoms with Gasteiger partial charge in [-0.25, -0.2) is 9.97 Å². The Kier molecular flexibility index (Phi) is 1.65. The van der Waals surface area contributed by atoms with Gasteiger partial charge in [-0.05, 0) is 30.6 Å². The quantitative estimate of drug-likeness (QED) is 0.770. The van der Waals surface area contributed by atoms with Crippen molar-refractivity contribution < 1.29 is 8.91 Å². The summed E-state index contributed by atoms with van der Waals surface area (Å²) in [6.45, 7) is -2.34. The lowest BCUT2D eigenvalue weighted by molar-refractivity contribution is 0.102. The van der Waals surface area contributed by atoms with Crippen molar-refractivity contribution in [3.8, 4) is 0 Å². The SMILES string of the molecule is [2H]C([2H])([2H])c1ccnc2c1NC(=O)c1cccnc1N2C. The van der Waals surface area contributed by atoms with Crippen LogP contribution in [0.1, 0.15) is 20.0 Å². The molecule has 0 aliphatic carbocycles. The first-order valence-electron chi connectivity index (χ1n) is 6.89. The van der Waals surface area contributed by atoms with Gasteiger partial charge in [-0.15, -0.1) is 0 Å². The normalized spacial score (nSPS) is 16.6. The van der Waals surface area contributed by atoms with E-state index in [0.717, 1.165) is 0 Å². The fraction of sp³-hybridized carbons (Fsp3) is 0.154. The first-order valence-corrected chi connectivity index (χ1v) is 5.39. The highest BCUT2D eigenvalue weighted by molar-refractivity contribution is 6.11. The first kappa shape index (κ1) is 7.81. The molecule has 1 aliphatic heterocycles. The van der Waals surface area contributed by atoms with Gasteiger partial charge < -0.3 is 10.2 Å². The molecule has 0 saturated heterocycles. The zero-order valence-electron chi connectivity index (χ0n) is 12.6. The van der Waals surface area contributed by atoms with E-state index in [1.165, 1.54) is 12.3 Å². The van der Waals surface area contributed by atoms with Crippen LogP contribution in [0.4, 0.5) is 17.3 Å². The van der Waals surface area contributed by atoms with Crippen molar-refractivity contribution in [1.82, 2.24) is 9.97 Å². The summed E-state index contributed by atoms with van der Waals surface area (Å²) in [7, 11) is 1.70. The topological polar surface area (TPSA) is 58.1 Å². The van der Waals surface area contributed by atoms with Gasteiger partial charge in [-0.3, -0.25) is 4.79 Å². The molecule has 5 heteroatoms. The van der Waals surface area contributed by atoms with Gasteiger partial charge in [0.05, 0.1) is 11.3 Å². The van der Waals surface area contributed by atoms with E-state index in [1.807, 2.05) is 0 Å². The van der Waals surface area contributed by atoms with Crippen LogP contribution < -0.4 is 10.2 Å². The summed E-state index contributed by atoms with van der Waals surface area (Å²) >= 11 is 0. The molecule has 0 atom stereocenters. The zero-order valence-corrected chi connectivity index (χ0v) is 9.64. The number of aryl methyl sites for hydroxylation is 1. The molecule has 90 valence electrons. The lowest BCUT2D eigenvalue weighted by Crippen LogP contribution is -2.14. The van der Waals surface area contributed by atoms with Crippen molar-refractivity contribution in [2.75, 3.05) is 17.3 Å². The van der Waals surface area contributed by atoms with Crippen molar-refractivity contribution in [2.45, 2.75) is 6.85 Å². The molecule has 0 radical (unpaired) electrons. The number of nitrogens with one attached hydrogen (secondary N) is 1. The van der Waals surface area contributed by atoms with Crippen molar-refractivity contribution in [3.63, 3.8) is 0 Å². The third-order valence-corrected chi connectivity index (χ3v) is 2.84. The molecule has 2 aromatic rings. The first-order chi connectivity index (χ1) is 9.89. The Labute approximate surface area is 109 Å². The van der Waals surface area contributed by atoms with Gasteiger partial charge in [-0.2, -0.15) is 0 Å². The maximum absolute atomic E-state index is 12.3. The number of pyridine rings is 2. The smallest absolute Gasteiger partial charge is 0.259 e. The molecule has 0 fully saturated rings. The molecule has 2 aromatic heterocycles. The summed E-state index contributed by atoms with van der Waals surface area (Å²) in [5.74, 6) is 0.389. The van der Waals surface area contributed by atoms with Crippen LogP contribution in [0.3, 0.4) is 0 Å². The van der Waals surface area contributed by atoms with Crippen molar-refractivity contribution in [1.29, 1.82) is 0 Å². The van der Waals surface area contributed by atoms with Gasteiger partial charge in [0.15, 0.2) is 5.82 Å². The molecule has 1 N–H and O–H groups in total. The molecule has 18 heavy (non-hydrogen) atoms. The maximum Gasteiger partial charge on any atom is 0.259 e. The van der Waals surface area contributed by atoms with E-state index in [2.05, 4.69) is 15.3 Å². The van der Waals surface area contributed by atoms with Crippen LogP contribution in [-0.4, -0.2) is 22.9 Å². The fourth-order valence-corrected chi connectivity index (χ4v) is 1.95. The van der Waals surface area contributed by atoms with Crippen LogP contribution in [0, 0.1) is 6.85 Å². The number of anilines is 3. The average Bonchev–Trinajstić information content (AvgIpc) is 2.55. The molecule has 0 aromatic carbocycles. The van der Waals surface area contributed by atoms with Crippen molar-refractivity contribution in [2.24, 2.45) is 0 Å². The molecule has 1 amide bonds. The van der Waals surface area contributed by atoms with Crippen LogP contribution in [0.2, 0.25) is 0 Å². The Morgan fingerprint density at radius 2 is 2.11 bits per heavy atom. The zero-order chi connectivity index (χ0) is 15.2. The van der Waals surface area contributed by atoms with Crippen molar-refractivity contribution >= 4 is 23.2 Å². The molecule has 3 rings (SSSR count). The molecule has 0 spiro atoms. The molecular weight excluding hydrogens is 228 g/mol. The second kappa shape index (κ2) is 3.80. The second-order valence-electron chi connectivity index (χ2n) is 3.94. The van der Waals surface area contributed by atoms with Gasteiger partial charge in [0.1, 0.15) is 5.82 Å². The van der Waals surface area contributed by atoms with Crippen LogP contribution in [0.15, 0.2) is 30.6 Å². The van der Waals surface area contributed by atoms with E-state index < -0.39 is 12.8 Å². The standard InChI is InChI=1S/C13H12N4O/c1-8-5-7-15-12-10(8)16-13(18)9-4-3-6-14-11(9)17(12)2/h3-7H,1-2H3,(H,16,18)/i1D3. The number of aromatic nitrogens is 2. The molecule has 0 bridgehead atoms. The predicted octanol–water partition coefficient (Wildman–Crippen LogP) is 2.12. The Hall–Kier alpha value is -2.43. The Morgan fingerprint density at radius 3 is 2.94 bits per heavy atom. The van der Waals surface area contributed by atoms with Crippen LogP contribution in [-0.2, 0) is 0 Å². The Balaban J connectivity index is 2.26. The average molecular weight is 243 g/mol. The van der Waals surface area contributed by atoms with Crippen molar-refractivity contribution in [3.05, 3.63) is 41.7 Å². The maximum atomic E-state index is 12.3. The van der Waals surface area contributed by atoms with E-state index in [-0.39, 0.29) is 11.3 Å². The molecule has 5 nitrogen and oxygen atoms in total. The third kappa shape index (κ3) is 1.44. The summed E-state index contributed by atoms with van der Waals surface area (Å²) < 4.78 is 22.8. The van der Waals surface area contributed by atoms with E-state index in [0.29, 0.717) is 17.2 Å². The fourth-order valence-electron chi connectivity index (χ4n) is 1.95. The summed E-state index contributed by atoms with van der Waals surface area (Å²) in [4.78, 5) is 22.3. The minimum atomic E-state index is -2.34. The molecule has 0 unspecified atom stereocenters. The van der Waals surface area contributed by atoms with Gasteiger partial charge in [-0.1, -0.05) is 0 Å². The van der Waals surface area contributed by atoms with Crippen LogP contribution in [0.5, 0.6) is 0 Å². The highest BCUT2D eigenvalue weighted by atomic mass is 16.1. The van der Waals surface area contributed by atoms with E-state index in [9.17, 15) is 4.79 Å². The minimum absolute atomic E-state index is 0.0560. The lowest BCUT2D eigenvalue weighted by atomic mass is 10.2. The van der Waals surface area contributed by atoms with Crippen LogP contribution >= 0.6 is 0 Å². The van der Waals surface area contributed by atoms with E-state index >= 15 is 0 Å². The number of amides is 1. The Bertz CT molecular complexity index is 730. The molecule has 1 aliphatic rings. The summed E-state index contributed by atoms with van der Waals surface area (Å²) in [6, 6.07) is 4.68. The predicted molar refractivity (Wildman–Crippen MR) is 69.2 cm³/mol. The molecule has 3 heterocycles. The third-order valence-electron chi connectivity index (χ3n) is 2.84. The Morgan fingerprint density at radius 1 is 1.28 bits per heavy atom. The number of fused-ring (bicyclic) bond motifs is 2. The van der Waals surface area contributed by atoms with Gasteiger partial charge in [0.2, 0.25) is 0 Å².